The number of hydrogen-bond donors (Lipinski definition) is 5. The van der Waals surface area contributed by atoms with Gasteiger partial charge in [0.05, 0.1) is 48.8 Å². The maximum atomic E-state index is 13.2. The summed E-state index contributed by atoms with van der Waals surface area (Å²) in [5.41, 5.74) is 2.73. The highest BCUT2D eigenvalue weighted by molar-refractivity contribution is 9.09. The third-order valence-corrected chi connectivity index (χ3v) is 8.58. The molecule has 0 fully saturated rings. The standard InChI is InChI=1S/C36H48BrN9O8/c1-43-11-5-8-28(43)34(49)40-26-19-30(45(3)23-26)36(51)42-27-20-31(46(4)24-27)35(50)41-25-18-29(44(2)22-25)33(48)39-10-7-13-53-15-17-54-16-14-52-12-6-9-38-32(47)21-37/h5,8,11,18-20,22-24H,6-7,9-10,12-17,21H2,1-4H3,(H,38,47)(H,39,48)(H,40,49)(H,41,50)(H,42,51). The molecule has 0 spiro atoms. The highest BCUT2D eigenvalue weighted by Crippen LogP contribution is 2.20. The summed E-state index contributed by atoms with van der Waals surface area (Å²) in [6, 6.07) is 8.18. The number of aryl methyl sites for hydroxylation is 4. The van der Waals surface area contributed by atoms with E-state index in [2.05, 4.69) is 42.5 Å². The van der Waals surface area contributed by atoms with E-state index >= 15 is 0 Å². The van der Waals surface area contributed by atoms with Crippen molar-refractivity contribution in [1.82, 2.24) is 28.9 Å². The third-order valence-electron chi connectivity index (χ3n) is 8.07. The number of carbonyl (C=O) groups is 5. The number of nitrogens with one attached hydrogen (secondary N) is 5. The fourth-order valence-electron chi connectivity index (χ4n) is 5.32. The number of halogens is 1. The molecule has 4 aromatic rings. The first-order valence-corrected chi connectivity index (χ1v) is 18.5. The van der Waals surface area contributed by atoms with Crippen LogP contribution in [0.5, 0.6) is 0 Å². The number of aromatic nitrogens is 4. The molecule has 0 unspecified atom stereocenters. The van der Waals surface area contributed by atoms with Crippen molar-refractivity contribution in [1.29, 1.82) is 0 Å². The molecule has 0 radical (unpaired) electrons. The first-order chi connectivity index (χ1) is 26.0. The van der Waals surface area contributed by atoms with Crippen LogP contribution in [0.2, 0.25) is 0 Å². The Labute approximate surface area is 321 Å². The highest BCUT2D eigenvalue weighted by atomic mass is 79.9. The summed E-state index contributed by atoms with van der Waals surface area (Å²) in [5, 5.41) is 14.3. The van der Waals surface area contributed by atoms with Gasteiger partial charge in [0.25, 0.3) is 23.6 Å². The van der Waals surface area contributed by atoms with E-state index in [4.69, 9.17) is 14.2 Å². The molecule has 4 aromatic heterocycles. The molecule has 0 aliphatic heterocycles. The van der Waals surface area contributed by atoms with Crippen LogP contribution >= 0.6 is 15.9 Å². The predicted molar refractivity (Wildman–Crippen MR) is 206 cm³/mol. The molecule has 0 aliphatic rings. The van der Waals surface area contributed by atoms with E-state index in [-0.39, 0.29) is 23.4 Å². The molecule has 18 heteroatoms. The van der Waals surface area contributed by atoms with Crippen LogP contribution in [0.1, 0.15) is 54.8 Å². The molecule has 5 amide bonds. The minimum Gasteiger partial charge on any atom is -0.379 e. The van der Waals surface area contributed by atoms with Crippen LogP contribution in [0.25, 0.3) is 0 Å². The monoisotopic (exact) mass is 813 g/mol. The lowest BCUT2D eigenvalue weighted by Crippen LogP contribution is -2.27. The number of amides is 5. The van der Waals surface area contributed by atoms with Crippen molar-refractivity contribution < 1.29 is 38.2 Å². The zero-order chi connectivity index (χ0) is 39.0. The molecule has 4 heterocycles. The summed E-state index contributed by atoms with van der Waals surface area (Å²) in [6.07, 6.45) is 8.01. The van der Waals surface area contributed by atoms with Gasteiger partial charge < -0.3 is 59.1 Å². The fourth-order valence-corrected chi connectivity index (χ4v) is 5.51. The van der Waals surface area contributed by atoms with Crippen molar-refractivity contribution in [3.63, 3.8) is 0 Å². The second-order valence-corrected chi connectivity index (χ2v) is 12.9. The SMILES string of the molecule is Cn1cc(NC(=O)c2cc(NC(=O)c3cc(NC(=O)c4cccn4C)cn3C)cn2C)cc1C(=O)NCCCOCCOCCOCCCNC(=O)CBr. The number of carbonyl (C=O) groups excluding carboxylic acids is 5. The van der Waals surface area contributed by atoms with Crippen LogP contribution < -0.4 is 26.6 Å². The maximum absolute atomic E-state index is 13.2. The first kappa shape index (κ1) is 41.6. The van der Waals surface area contributed by atoms with Gasteiger partial charge in [-0.05, 0) is 43.2 Å². The lowest BCUT2D eigenvalue weighted by Gasteiger charge is -2.08. The number of alkyl halides is 1. The fraction of sp³-hybridized carbons (Fsp3) is 0.417. The Hall–Kier alpha value is -5.17. The minimum atomic E-state index is -0.429. The van der Waals surface area contributed by atoms with E-state index < -0.39 is 11.8 Å². The highest BCUT2D eigenvalue weighted by Gasteiger charge is 2.19. The molecule has 0 aromatic carbocycles. The molecular formula is C36H48BrN9O8. The van der Waals surface area contributed by atoms with E-state index in [0.29, 0.717) is 98.6 Å². The summed E-state index contributed by atoms with van der Waals surface area (Å²) in [6.45, 7) is 3.74. The van der Waals surface area contributed by atoms with Crippen molar-refractivity contribution >= 4 is 62.5 Å². The largest absolute Gasteiger partial charge is 0.379 e. The molecule has 0 bridgehead atoms. The van der Waals surface area contributed by atoms with E-state index in [0.717, 1.165) is 6.42 Å². The van der Waals surface area contributed by atoms with E-state index in [9.17, 15) is 24.0 Å². The average Bonchev–Trinajstić information content (AvgIpc) is 3.92. The molecule has 5 N–H and O–H groups in total. The van der Waals surface area contributed by atoms with Gasteiger partial charge in [-0.25, -0.2) is 0 Å². The molecule has 4 rings (SSSR count). The number of hydrogen-bond acceptors (Lipinski definition) is 8. The van der Waals surface area contributed by atoms with E-state index in [1.54, 1.807) is 102 Å². The van der Waals surface area contributed by atoms with Crippen LogP contribution in [-0.2, 0) is 47.2 Å². The van der Waals surface area contributed by atoms with Gasteiger partial charge in [-0.2, -0.15) is 0 Å². The zero-order valence-electron chi connectivity index (χ0n) is 30.9. The van der Waals surface area contributed by atoms with Gasteiger partial charge in [0, 0.05) is 79.3 Å². The Morgan fingerprint density at radius 3 is 1.39 bits per heavy atom. The van der Waals surface area contributed by atoms with Crippen LogP contribution in [-0.4, -0.2) is 106 Å². The van der Waals surface area contributed by atoms with E-state index in [1.165, 1.54) is 0 Å². The lowest BCUT2D eigenvalue weighted by atomic mass is 10.3. The summed E-state index contributed by atoms with van der Waals surface area (Å²) in [4.78, 5) is 62.8. The molecule has 0 aliphatic carbocycles. The molecule has 0 saturated heterocycles. The third kappa shape index (κ3) is 12.5. The van der Waals surface area contributed by atoms with Crippen molar-refractivity contribution in [2.45, 2.75) is 12.8 Å². The van der Waals surface area contributed by atoms with E-state index in [1.807, 2.05) is 0 Å². The summed E-state index contributed by atoms with van der Waals surface area (Å²) >= 11 is 3.09. The Balaban J connectivity index is 1.13. The molecule has 17 nitrogen and oxygen atoms in total. The number of rotatable bonds is 22. The molecule has 54 heavy (non-hydrogen) atoms. The number of anilines is 3. The van der Waals surface area contributed by atoms with Crippen LogP contribution in [0, 0.1) is 0 Å². The molecular weight excluding hydrogens is 766 g/mol. The Morgan fingerprint density at radius 2 is 0.963 bits per heavy atom. The Bertz CT molecular complexity index is 1890. The van der Waals surface area contributed by atoms with Gasteiger partial charge in [0.1, 0.15) is 22.8 Å². The Kier molecular flexibility index (Phi) is 16.1. The van der Waals surface area contributed by atoms with Gasteiger partial charge in [0.2, 0.25) is 5.91 Å². The zero-order valence-corrected chi connectivity index (χ0v) is 32.5. The molecule has 0 saturated carbocycles. The normalized spacial score (nSPS) is 11.0. The maximum Gasteiger partial charge on any atom is 0.272 e. The van der Waals surface area contributed by atoms with Crippen LogP contribution in [0.3, 0.4) is 0 Å². The van der Waals surface area contributed by atoms with Gasteiger partial charge in [-0.1, -0.05) is 15.9 Å². The lowest BCUT2D eigenvalue weighted by molar-refractivity contribution is -0.118. The topological polar surface area (TPSA) is 193 Å². The Morgan fingerprint density at radius 1 is 0.556 bits per heavy atom. The second kappa shape index (κ2) is 20.9. The van der Waals surface area contributed by atoms with Crippen molar-refractivity contribution in [3.8, 4) is 0 Å². The summed E-state index contributed by atoms with van der Waals surface area (Å²) in [5.74, 6) is -1.49. The summed E-state index contributed by atoms with van der Waals surface area (Å²) in [7, 11) is 6.86. The van der Waals surface area contributed by atoms with Crippen LogP contribution in [0.15, 0.2) is 55.1 Å². The van der Waals surface area contributed by atoms with Gasteiger partial charge in [-0.15, -0.1) is 0 Å². The minimum absolute atomic E-state index is 0.0469. The second-order valence-electron chi connectivity index (χ2n) is 12.3. The van der Waals surface area contributed by atoms with Crippen molar-refractivity contribution in [3.05, 3.63) is 77.9 Å². The van der Waals surface area contributed by atoms with Crippen LogP contribution in [0.4, 0.5) is 17.1 Å². The summed E-state index contributed by atoms with van der Waals surface area (Å²) < 4.78 is 23.0. The van der Waals surface area contributed by atoms with Gasteiger partial charge in [-0.3, -0.25) is 24.0 Å². The van der Waals surface area contributed by atoms with Crippen molar-refractivity contribution in [2.24, 2.45) is 28.2 Å². The first-order valence-electron chi connectivity index (χ1n) is 17.4. The molecule has 0 atom stereocenters. The predicted octanol–water partition coefficient (Wildman–Crippen LogP) is 2.87. The quantitative estimate of drug-likeness (QED) is 0.0591. The number of nitrogens with zero attached hydrogens (tertiary/aromatic N) is 4. The average molecular weight is 815 g/mol. The number of ether oxygens (including phenoxy) is 3. The van der Waals surface area contributed by atoms with Crippen molar-refractivity contribution in [2.75, 3.05) is 74.0 Å². The van der Waals surface area contributed by atoms with Gasteiger partial charge in [0.15, 0.2) is 0 Å². The van der Waals surface area contributed by atoms with Gasteiger partial charge >= 0.3 is 0 Å². The molecule has 292 valence electrons. The smallest absolute Gasteiger partial charge is 0.272 e.